The van der Waals surface area contributed by atoms with E-state index in [0.29, 0.717) is 10.5 Å². The fraction of sp³-hybridized carbons (Fsp3) is 0.733. The fourth-order valence-corrected chi connectivity index (χ4v) is 3.59. The van der Waals surface area contributed by atoms with Gasteiger partial charge >= 0.3 is 6.09 Å². The van der Waals surface area contributed by atoms with Crippen molar-refractivity contribution in [3.63, 3.8) is 0 Å². The normalized spacial score (nSPS) is 17.1. The highest BCUT2D eigenvalue weighted by atomic mass is 35.5. The van der Waals surface area contributed by atoms with Gasteiger partial charge in [-0.3, -0.25) is 4.90 Å². The van der Waals surface area contributed by atoms with Crippen molar-refractivity contribution in [2.24, 2.45) is 0 Å². The van der Waals surface area contributed by atoms with E-state index in [9.17, 15) is 4.79 Å². The van der Waals surface area contributed by atoms with E-state index in [1.54, 1.807) is 4.90 Å². The molecule has 0 radical (unpaired) electrons. The predicted molar refractivity (Wildman–Crippen MR) is 89.4 cm³/mol. The van der Waals surface area contributed by atoms with Crippen molar-refractivity contribution in [1.29, 1.82) is 0 Å². The van der Waals surface area contributed by atoms with E-state index < -0.39 is 5.60 Å². The molecule has 0 saturated carbocycles. The third-order valence-electron chi connectivity index (χ3n) is 3.67. The molecule has 0 aromatic carbocycles. The predicted octanol–water partition coefficient (Wildman–Crippen LogP) is 3.63. The van der Waals surface area contributed by atoms with Crippen LogP contribution in [-0.2, 0) is 11.3 Å². The Morgan fingerprint density at radius 2 is 2.14 bits per heavy atom. The van der Waals surface area contributed by atoms with Crippen molar-refractivity contribution in [1.82, 2.24) is 14.8 Å². The summed E-state index contributed by atoms with van der Waals surface area (Å²) in [5.41, 5.74) is -0.434. The van der Waals surface area contributed by atoms with E-state index >= 15 is 0 Å². The van der Waals surface area contributed by atoms with Gasteiger partial charge < -0.3 is 9.64 Å². The topological polar surface area (TPSA) is 45.7 Å². The van der Waals surface area contributed by atoms with E-state index in [1.165, 1.54) is 16.2 Å². The summed E-state index contributed by atoms with van der Waals surface area (Å²) in [5, 5.41) is 0. The van der Waals surface area contributed by atoms with Gasteiger partial charge in [0.15, 0.2) is 4.47 Å². The van der Waals surface area contributed by atoms with E-state index in [2.05, 4.69) is 16.9 Å². The number of amides is 1. The molecule has 0 unspecified atom stereocenters. The molecule has 22 heavy (non-hydrogen) atoms. The molecule has 0 aliphatic carbocycles. The zero-order chi connectivity index (χ0) is 16.3. The van der Waals surface area contributed by atoms with Crippen molar-refractivity contribution in [2.75, 3.05) is 20.1 Å². The van der Waals surface area contributed by atoms with Crippen molar-refractivity contribution < 1.29 is 9.53 Å². The Balaban J connectivity index is 1.80. The van der Waals surface area contributed by atoms with Gasteiger partial charge in [0, 0.05) is 36.8 Å². The second-order valence-corrected chi connectivity index (χ2v) is 8.39. The molecule has 0 atom stereocenters. The quantitative estimate of drug-likeness (QED) is 0.839. The van der Waals surface area contributed by atoms with Gasteiger partial charge in [0.1, 0.15) is 5.60 Å². The van der Waals surface area contributed by atoms with E-state index in [-0.39, 0.29) is 6.09 Å². The molecule has 0 spiro atoms. The van der Waals surface area contributed by atoms with E-state index in [0.717, 1.165) is 32.5 Å². The summed E-state index contributed by atoms with van der Waals surface area (Å²) in [4.78, 5) is 21.4. The van der Waals surface area contributed by atoms with Crippen LogP contribution in [0.3, 0.4) is 0 Å². The molecule has 1 fully saturated rings. The molecule has 2 rings (SSSR count). The highest BCUT2D eigenvalue weighted by Gasteiger charge is 2.28. The Hall–Kier alpha value is -0.850. The molecular weight excluding hydrogens is 322 g/mol. The first kappa shape index (κ1) is 17.5. The first-order valence-corrected chi connectivity index (χ1v) is 8.72. The molecule has 1 amide bonds. The minimum Gasteiger partial charge on any atom is -0.444 e. The molecule has 7 heteroatoms. The number of piperidine rings is 1. The van der Waals surface area contributed by atoms with E-state index in [1.807, 2.05) is 27.0 Å². The molecule has 2 heterocycles. The lowest BCUT2D eigenvalue weighted by molar-refractivity contribution is 0.0153. The van der Waals surface area contributed by atoms with Crippen molar-refractivity contribution >= 4 is 29.0 Å². The Morgan fingerprint density at radius 1 is 1.50 bits per heavy atom. The van der Waals surface area contributed by atoms with Gasteiger partial charge in [-0.2, -0.15) is 0 Å². The van der Waals surface area contributed by atoms with Crippen molar-refractivity contribution in [3.05, 3.63) is 15.5 Å². The summed E-state index contributed by atoms with van der Waals surface area (Å²) in [6, 6.07) is 0.472. The number of likely N-dealkylation sites (tertiary alicyclic amines) is 1. The first-order chi connectivity index (χ1) is 10.2. The molecule has 0 N–H and O–H groups in total. The molecule has 124 valence electrons. The molecule has 1 aliphatic rings. The maximum absolute atomic E-state index is 12.1. The summed E-state index contributed by atoms with van der Waals surface area (Å²) < 4.78 is 6.01. The molecule has 1 saturated heterocycles. The lowest BCUT2D eigenvalue weighted by atomic mass is 10.0. The van der Waals surface area contributed by atoms with Crippen LogP contribution in [0.5, 0.6) is 0 Å². The molecule has 5 nitrogen and oxygen atoms in total. The number of halogens is 1. The lowest BCUT2D eigenvalue weighted by Gasteiger charge is -2.37. The van der Waals surface area contributed by atoms with Gasteiger partial charge in [-0.15, -0.1) is 11.3 Å². The zero-order valence-corrected chi connectivity index (χ0v) is 15.2. The third-order valence-corrected chi connectivity index (χ3v) is 4.77. The van der Waals surface area contributed by atoms with Crippen molar-refractivity contribution in [2.45, 2.75) is 51.8 Å². The average molecular weight is 346 g/mol. The zero-order valence-electron chi connectivity index (χ0n) is 13.6. The van der Waals surface area contributed by atoms with Crippen LogP contribution in [-0.4, -0.2) is 52.7 Å². The van der Waals surface area contributed by atoms with Gasteiger partial charge in [0.25, 0.3) is 0 Å². The highest BCUT2D eigenvalue weighted by Crippen LogP contribution is 2.23. The summed E-state index contributed by atoms with van der Waals surface area (Å²) in [6.45, 7) is 8.02. The maximum Gasteiger partial charge on any atom is 0.410 e. The summed E-state index contributed by atoms with van der Waals surface area (Å²) in [5.74, 6) is 0. The number of hydrogen-bond acceptors (Lipinski definition) is 5. The van der Waals surface area contributed by atoms with Gasteiger partial charge in [-0.05, 0) is 40.7 Å². The fourth-order valence-electron chi connectivity index (χ4n) is 2.55. The van der Waals surface area contributed by atoms with Gasteiger partial charge in [0.2, 0.25) is 0 Å². The van der Waals surface area contributed by atoms with Crippen LogP contribution in [0.15, 0.2) is 6.20 Å². The second kappa shape index (κ2) is 7.15. The number of ether oxygens (including phenoxy) is 1. The summed E-state index contributed by atoms with van der Waals surface area (Å²) in [7, 11) is 2.11. The number of hydrogen-bond donors (Lipinski definition) is 0. The van der Waals surface area contributed by atoms with Crippen LogP contribution in [0.1, 0.15) is 38.5 Å². The van der Waals surface area contributed by atoms with Crippen LogP contribution in [0.4, 0.5) is 4.79 Å². The highest BCUT2D eigenvalue weighted by molar-refractivity contribution is 7.15. The average Bonchev–Trinajstić information content (AvgIpc) is 2.82. The smallest absolute Gasteiger partial charge is 0.410 e. The monoisotopic (exact) mass is 345 g/mol. The van der Waals surface area contributed by atoms with Crippen LogP contribution in [0.2, 0.25) is 4.47 Å². The van der Waals surface area contributed by atoms with Crippen LogP contribution in [0.25, 0.3) is 0 Å². The molecule has 1 aromatic heterocycles. The van der Waals surface area contributed by atoms with Crippen molar-refractivity contribution in [3.8, 4) is 0 Å². The molecule has 0 bridgehead atoms. The maximum atomic E-state index is 12.1. The number of carbonyl (C=O) groups excluding carboxylic acids is 1. The van der Waals surface area contributed by atoms with Crippen LogP contribution >= 0.6 is 22.9 Å². The van der Waals surface area contributed by atoms with Gasteiger partial charge in [-0.25, -0.2) is 9.78 Å². The van der Waals surface area contributed by atoms with Gasteiger partial charge in [-0.1, -0.05) is 11.6 Å². The minimum absolute atomic E-state index is 0.206. The Morgan fingerprint density at radius 3 is 2.64 bits per heavy atom. The van der Waals surface area contributed by atoms with Crippen LogP contribution < -0.4 is 0 Å². The minimum atomic E-state index is -0.434. The summed E-state index contributed by atoms with van der Waals surface area (Å²) >= 11 is 7.39. The standard InChI is InChI=1S/C15H24ClN3O2S/c1-15(2,3)21-14(20)19-7-5-11(6-8-19)18(4)10-12-9-17-13(16)22-12/h9,11H,5-8,10H2,1-4H3. The number of aromatic nitrogens is 1. The molecule has 1 aromatic rings. The Kier molecular flexibility index (Phi) is 5.69. The Bertz CT molecular complexity index is 507. The number of nitrogens with zero attached hydrogens (tertiary/aromatic N) is 3. The van der Waals surface area contributed by atoms with Gasteiger partial charge in [0.05, 0.1) is 0 Å². The molecular formula is C15H24ClN3O2S. The number of carbonyl (C=O) groups is 1. The third kappa shape index (κ3) is 5.11. The largest absolute Gasteiger partial charge is 0.444 e. The van der Waals surface area contributed by atoms with E-state index in [4.69, 9.17) is 16.3 Å². The number of rotatable bonds is 3. The van der Waals surface area contributed by atoms with Crippen LogP contribution in [0, 0.1) is 0 Å². The second-order valence-electron chi connectivity index (χ2n) is 6.69. The first-order valence-electron chi connectivity index (χ1n) is 7.53. The lowest BCUT2D eigenvalue weighted by Crippen LogP contribution is -2.46. The Labute approximate surface area is 141 Å². The SMILES string of the molecule is CN(Cc1cnc(Cl)s1)C1CCN(C(=O)OC(C)(C)C)CC1. The number of thiazole rings is 1. The molecule has 1 aliphatic heterocycles. The summed E-state index contributed by atoms with van der Waals surface area (Å²) in [6.07, 6.45) is 3.55.